The molecule has 0 unspecified atom stereocenters. The molecule has 1 N–H and O–H groups in total. The fourth-order valence-corrected chi connectivity index (χ4v) is 2.54. The quantitative estimate of drug-likeness (QED) is 0.669. The van der Waals surface area contributed by atoms with Crippen LogP contribution in [0.4, 0.5) is 0 Å². The van der Waals surface area contributed by atoms with Gasteiger partial charge < -0.3 is 19.7 Å². The summed E-state index contributed by atoms with van der Waals surface area (Å²) in [5, 5.41) is 2.46. The van der Waals surface area contributed by atoms with Crippen LogP contribution in [0.1, 0.15) is 22.8 Å². The molecule has 0 aliphatic heterocycles. The van der Waals surface area contributed by atoms with Gasteiger partial charge in [-0.25, -0.2) is 0 Å². The van der Waals surface area contributed by atoms with Crippen molar-refractivity contribution in [3.63, 3.8) is 0 Å². The molecule has 0 atom stereocenters. The Labute approximate surface area is 164 Å². The van der Waals surface area contributed by atoms with E-state index in [4.69, 9.17) is 9.47 Å². The molecule has 28 heavy (non-hydrogen) atoms. The molecule has 2 aromatic carbocycles. The number of amides is 2. The van der Waals surface area contributed by atoms with Crippen molar-refractivity contribution in [2.24, 2.45) is 0 Å². The monoisotopic (exact) mass is 384 g/mol. The number of carbonyl (C=O) groups excluding carboxylic acids is 3. The van der Waals surface area contributed by atoms with Gasteiger partial charge in [0.05, 0.1) is 12.7 Å². The highest BCUT2D eigenvalue weighted by Gasteiger charge is 2.16. The van der Waals surface area contributed by atoms with E-state index in [1.807, 2.05) is 37.3 Å². The maximum atomic E-state index is 12.3. The molecule has 0 aliphatic rings. The highest BCUT2D eigenvalue weighted by molar-refractivity contribution is 5.98. The highest BCUT2D eigenvalue weighted by Crippen LogP contribution is 2.16. The topological polar surface area (TPSA) is 84.9 Å². The van der Waals surface area contributed by atoms with Gasteiger partial charge in [0.25, 0.3) is 11.8 Å². The zero-order valence-corrected chi connectivity index (χ0v) is 16.0. The molecule has 2 aromatic rings. The lowest BCUT2D eigenvalue weighted by Gasteiger charge is -2.20. The van der Waals surface area contributed by atoms with E-state index in [0.29, 0.717) is 24.4 Å². The maximum Gasteiger partial charge on any atom is 0.325 e. The summed E-state index contributed by atoms with van der Waals surface area (Å²) in [5.41, 5.74) is 1.31. The molecule has 0 saturated carbocycles. The molecule has 0 saturated heterocycles. The lowest BCUT2D eigenvalue weighted by Crippen LogP contribution is -2.36. The lowest BCUT2D eigenvalue weighted by molar-refractivity contribution is -0.151. The third-order valence-corrected chi connectivity index (χ3v) is 4.05. The van der Waals surface area contributed by atoms with Crippen molar-refractivity contribution < 1.29 is 23.9 Å². The number of methoxy groups -OCH3 is 1. The van der Waals surface area contributed by atoms with E-state index in [-0.39, 0.29) is 19.1 Å². The number of esters is 1. The fourth-order valence-electron chi connectivity index (χ4n) is 2.54. The standard InChI is InChI=1S/C21H24N2O5/c1-3-23(14-16-9-5-4-6-10-16)19(24)15-28-20(25)13-22-21(26)17-11-7-8-12-18(17)27-2/h4-12H,3,13-15H2,1-2H3,(H,22,26). The summed E-state index contributed by atoms with van der Waals surface area (Å²) in [6.45, 7) is 2.09. The Hall–Kier alpha value is -3.35. The molecule has 2 rings (SSSR count). The van der Waals surface area contributed by atoms with Crippen LogP contribution in [0.15, 0.2) is 54.6 Å². The zero-order chi connectivity index (χ0) is 20.4. The van der Waals surface area contributed by atoms with E-state index in [2.05, 4.69) is 5.32 Å². The first-order valence-electron chi connectivity index (χ1n) is 8.93. The van der Waals surface area contributed by atoms with E-state index in [0.717, 1.165) is 5.56 Å². The molecule has 7 nitrogen and oxygen atoms in total. The van der Waals surface area contributed by atoms with Crippen molar-refractivity contribution in [1.29, 1.82) is 0 Å². The van der Waals surface area contributed by atoms with E-state index in [1.54, 1.807) is 29.2 Å². The Morgan fingerprint density at radius 2 is 1.68 bits per heavy atom. The summed E-state index contributed by atoms with van der Waals surface area (Å²) in [4.78, 5) is 37.9. The van der Waals surface area contributed by atoms with Gasteiger partial charge in [-0.05, 0) is 24.6 Å². The summed E-state index contributed by atoms with van der Waals surface area (Å²) in [5.74, 6) is -1.04. The second kappa shape index (κ2) is 10.7. The van der Waals surface area contributed by atoms with Gasteiger partial charge in [-0.2, -0.15) is 0 Å². The number of hydrogen-bond acceptors (Lipinski definition) is 5. The summed E-state index contributed by atoms with van der Waals surface area (Å²) < 4.78 is 10.1. The predicted molar refractivity (Wildman–Crippen MR) is 104 cm³/mol. The number of rotatable bonds is 9. The van der Waals surface area contributed by atoms with Crippen molar-refractivity contribution in [2.45, 2.75) is 13.5 Å². The van der Waals surface area contributed by atoms with Crippen LogP contribution < -0.4 is 10.1 Å². The van der Waals surface area contributed by atoms with Crippen LogP contribution >= 0.6 is 0 Å². The van der Waals surface area contributed by atoms with Crippen molar-refractivity contribution >= 4 is 17.8 Å². The third-order valence-electron chi connectivity index (χ3n) is 4.05. The SMILES string of the molecule is CCN(Cc1ccccc1)C(=O)COC(=O)CNC(=O)c1ccccc1OC. The Balaban J connectivity index is 1.79. The number of para-hydroxylation sites is 1. The number of likely N-dealkylation sites (N-methyl/N-ethyl adjacent to an activating group) is 1. The number of nitrogens with one attached hydrogen (secondary N) is 1. The molecule has 2 amide bonds. The largest absolute Gasteiger partial charge is 0.496 e. The van der Waals surface area contributed by atoms with Crippen LogP contribution in [0, 0.1) is 0 Å². The van der Waals surface area contributed by atoms with Gasteiger partial charge in [-0.15, -0.1) is 0 Å². The van der Waals surface area contributed by atoms with Gasteiger partial charge in [0, 0.05) is 13.1 Å². The van der Waals surface area contributed by atoms with Crippen LogP contribution in [0.2, 0.25) is 0 Å². The van der Waals surface area contributed by atoms with Crippen molar-refractivity contribution in [3.05, 3.63) is 65.7 Å². The molecule has 0 aliphatic carbocycles. The number of ether oxygens (including phenoxy) is 2. The van der Waals surface area contributed by atoms with Gasteiger partial charge in [-0.1, -0.05) is 42.5 Å². The van der Waals surface area contributed by atoms with Gasteiger partial charge in [-0.3, -0.25) is 14.4 Å². The second-order valence-electron chi connectivity index (χ2n) is 5.94. The van der Waals surface area contributed by atoms with Gasteiger partial charge in [0.2, 0.25) is 0 Å². The first-order chi connectivity index (χ1) is 13.5. The molecule has 7 heteroatoms. The molecule has 0 fully saturated rings. The van der Waals surface area contributed by atoms with Gasteiger partial charge in [0.15, 0.2) is 6.61 Å². The Bertz CT molecular complexity index is 807. The summed E-state index contributed by atoms with van der Waals surface area (Å²) in [6.07, 6.45) is 0. The molecule has 0 heterocycles. The number of nitrogens with zero attached hydrogens (tertiary/aromatic N) is 1. The van der Waals surface area contributed by atoms with Crippen molar-refractivity contribution in [3.8, 4) is 5.75 Å². The van der Waals surface area contributed by atoms with Crippen LogP contribution in [0.5, 0.6) is 5.75 Å². The third kappa shape index (κ3) is 6.12. The highest BCUT2D eigenvalue weighted by atomic mass is 16.5. The number of hydrogen-bond donors (Lipinski definition) is 1. The minimum Gasteiger partial charge on any atom is -0.496 e. The average Bonchev–Trinajstić information content (AvgIpc) is 2.74. The van der Waals surface area contributed by atoms with Crippen LogP contribution in [0.3, 0.4) is 0 Å². The summed E-state index contributed by atoms with van der Waals surface area (Å²) in [7, 11) is 1.46. The van der Waals surface area contributed by atoms with Gasteiger partial charge in [0.1, 0.15) is 12.3 Å². The van der Waals surface area contributed by atoms with E-state index in [1.165, 1.54) is 7.11 Å². The molecule has 148 valence electrons. The smallest absolute Gasteiger partial charge is 0.325 e. The summed E-state index contributed by atoms with van der Waals surface area (Å²) in [6, 6.07) is 16.2. The minimum atomic E-state index is -0.688. The summed E-state index contributed by atoms with van der Waals surface area (Å²) >= 11 is 0. The number of carbonyl (C=O) groups is 3. The molecular weight excluding hydrogens is 360 g/mol. The Morgan fingerprint density at radius 1 is 1.00 bits per heavy atom. The van der Waals surface area contributed by atoms with E-state index < -0.39 is 11.9 Å². The lowest BCUT2D eigenvalue weighted by atomic mass is 10.2. The molecule has 0 radical (unpaired) electrons. The maximum absolute atomic E-state index is 12.3. The fraction of sp³-hybridized carbons (Fsp3) is 0.286. The van der Waals surface area contributed by atoms with E-state index in [9.17, 15) is 14.4 Å². The zero-order valence-electron chi connectivity index (χ0n) is 16.0. The second-order valence-corrected chi connectivity index (χ2v) is 5.94. The van der Waals surface area contributed by atoms with Crippen LogP contribution in [-0.4, -0.2) is 49.5 Å². The minimum absolute atomic E-state index is 0.296. The Morgan fingerprint density at radius 3 is 2.36 bits per heavy atom. The average molecular weight is 384 g/mol. The molecular formula is C21H24N2O5. The number of benzene rings is 2. The van der Waals surface area contributed by atoms with Crippen LogP contribution in [-0.2, 0) is 20.9 Å². The predicted octanol–water partition coefficient (Wildman–Crippen LogP) is 2.02. The Kier molecular flexibility index (Phi) is 8.02. The van der Waals surface area contributed by atoms with Crippen molar-refractivity contribution in [1.82, 2.24) is 10.2 Å². The normalized spacial score (nSPS) is 10.1. The molecule has 0 aromatic heterocycles. The first-order valence-corrected chi connectivity index (χ1v) is 8.93. The van der Waals surface area contributed by atoms with Crippen molar-refractivity contribution in [2.75, 3.05) is 26.8 Å². The van der Waals surface area contributed by atoms with E-state index >= 15 is 0 Å². The molecule has 0 bridgehead atoms. The first kappa shape index (κ1) is 21.0. The van der Waals surface area contributed by atoms with Crippen LogP contribution in [0.25, 0.3) is 0 Å². The molecule has 0 spiro atoms. The van der Waals surface area contributed by atoms with Gasteiger partial charge >= 0.3 is 5.97 Å².